The van der Waals surface area contributed by atoms with Gasteiger partial charge >= 0.3 is 7.05 Å². The number of aromatic nitrogens is 1. The predicted octanol–water partition coefficient (Wildman–Crippen LogP) is 5.04. The van der Waals surface area contributed by atoms with Crippen LogP contribution in [0.2, 0.25) is 0 Å². The number of hydrogen-bond acceptors (Lipinski definition) is 6. The lowest BCUT2D eigenvalue weighted by Gasteiger charge is -2.32. The second-order valence-corrected chi connectivity index (χ2v) is 14.6. The molecule has 54 heavy (non-hydrogen) atoms. The number of aromatic amines is 1. The number of hydrogen-bond donors (Lipinski definition) is 4. The molecular weight excluding hydrogens is 675 g/mol. The van der Waals surface area contributed by atoms with Crippen molar-refractivity contribution in [2.24, 2.45) is 11.5 Å². The highest BCUT2D eigenvalue weighted by Crippen LogP contribution is 2.31. The van der Waals surface area contributed by atoms with E-state index in [-0.39, 0.29) is 17.7 Å². The van der Waals surface area contributed by atoms with Crippen molar-refractivity contribution in [2.45, 2.75) is 50.6 Å². The molecule has 274 valence electrons. The van der Waals surface area contributed by atoms with Crippen molar-refractivity contribution in [3.63, 3.8) is 0 Å². The molecule has 2 fully saturated rings. The van der Waals surface area contributed by atoms with E-state index in [1.807, 2.05) is 52.3 Å². The van der Waals surface area contributed by atoms with Gasteiger partial charge in [0.25, 0.3) is 5.91 Å². The van der Waals surface area contributed by atoms with Gasteiger partial charge in [0.1, 0.15) is 11.4 Å². The molecule has 0 aliphatic carbocycles. The zero-order chi connectivity index (χ0) is 37.2. The lowest BCUT2D eigenvalue weighted by atomic mass is 9.70. The van der Waals surface area contributed by atoms with Crippen molar-refractivity contribution in [3.05, 3.63) is 136 Å². The van der Waals surface area contributed by atoms with Crippen LogP contribution in [-0.4, -0.2) is 65.7 Å². The van der Waals surface area contributed by atoms with Gasteiger partial charge in [0.05, 0.1) is 5.56 Å². The Balaban J connectivity index is 0.920. The summed E-state index contributed by atoms with van der Waals surface area (Å²) < 4.78 is 6.40. The topological polar surface area (TPSA) is 147 Å². The third-order valence-corrected chi connectivity index (χ3v) is 11.3. The maximum absolute atomic E-state index is 13.7. The summed E-state index contributed by atoms with van der Waals surface area (Å²) in [5, 5.41) is 3.79. The average Bonchev–Trinajstić information content (AvgIpc) is 3.67. The molecule has 11 heteroatoms. The first kappa shape index (κ1) is 35.4. The van der Waals surface area contributed by atoms with E-state index >= 15 is 0 Å². The minimum absolute atomic E-state index is 0.0374. The van der Waals surface area contributed by atoms with E-state index in [1.165, 1.54) is 11.1 Å². The van der Waals surface area contributed by atoms with Crippen molar-refractivity contribution in [3.8, 4) is 5.75 Å². The summed E-state index contributed by atoms with van der Waals surface area (Å²) in [6, 6.07) is 29.8. The number of piperidine rings is 2. The summed E-state index contributed by atoms with van der Waals surface area (Å²) in [6.45, 7) is 3.76. The van der Waals surface area contributed by atoms with E-state index in [1.54, 1.807) is 24.3 Å². The molecule has 0 atom stereocenters. The Labute approximate surface area is 315 Å². The van der Waals surface area contributed by atoms with Gasteiger partial charge in [0.15, 0.2) is 0 Å². The van der Waals surface area contributed by atoms with Crippen LogP contribution in [0.25, 0.3) is 17.0 Å². The summed E-state index contributed by atoms with van der Waals surface area (Å²) in [7, 11) is -0.764. The summed E-state index contributed by atoms with van der Waals surface area (Å²) in [5.41, 5.74) is 19.7. The molecular formula is C43H45BN6O4. The van der Waals surface area contributed by atoms with Crippen LogP contribution >= 0.6 is 0 Å². The molecule has 0 radical (unpaired) electrons. The van der Waals surface area contributed by atoms with E-state index in [2.05, 4.69) is 46.6 Å². The van der Waals surface area contributed by atoms with Gasteiger partial charge in [-0.3, -0.25) is 14.4 Å². The SMILES string of the molecule is NCc1cccc(C2CCN(C(=O)C=Cc3ccc4c(c3)OB(c3cccc5[nH]c(C(=O)N6CCC(c7cccc(CN)c7)CC6)cc35)NC4=O)CC2)c1. The van der Waals surface area contributed by atoms with Crippen molar-refractivity contribution in [1.29, 1.82) is 0 Å². The number of nitrogens with zero attached hydrogens (tertiary/aromatic N) is 2. The third-order valence-electron chi connectivity index (χ3n) is 11.3. The van der Waals surface area contributed by atoms with E-state index in [9.17, 15) is 14.4 Å². The first-order chi connectivity index (χ1) is 26.4. The van der Waals surface area contributed by atoms with E-state index in [0.29, 0.717) is 68.1 Å². The van der Waals surface area contributed by atoms with Gasteiger partial charge in [-0.2, -0.15) is 0 Å². The second kappa shape index (κ2) is 15.4. The first-order valence-corrected chi connectivity index (χ1v) is 18.9. The minimum atomic E-state index is -0.764. The molecule has 0 spiro atoms. The van der Waals surface area contributed by atoms with Crippen LogP contribution in [0.1, 0.15) is 86.2 Å². The molecule has 6 N–H and O–H groups in total. The van der Waals surface area contributed by atoms with Crippen LogP contribution in [-0.2, 0) is 17.9 Å². The van der Waals surface area contributed by atoms with E-state index in [0.717, 1.165) is 58.7 Å². The van der Waals surface area contributed by atoms with Gasteiger partial charge in [-0.1, -0.05) is 66.7 Å². The number of H-pyrrole nitrogens is 1. The molecule has 1 aromatic heterocycles. The Hall–Kier alpha value is -5.65. The number of fused-ring (bicyclic) bond motifs is 2. The Morgan fingerprint density at radius 1 is 0.778 bits per heavy atom. The molecule has 0 bridgehead atoms. The minimum Gasteiger partial charge on any atom is -0.537 e. The molecule has 10 nitrogen and oxygen atoms in total. The molecule has 3 aliphatic heterocycles. The highest BCUT2D eigenvalue weighted by Gasteiger charge is 2.34. The van der Waals surface area contributed by atoms with E-state index in [4.69, 9.17) is 16.1 Å². The quantitative estimate of drug-likeness (QED) is 0.131. The zero-order valence-electron chi connectivity index (χ0n) is 30.3. The zero-order valence-corrected chi connectivity index (χ0v) is 30.3. The normalized spacial score (nSPS) is 16.8. The van der Waals surface area contributed by atoms with Gasteiger partial charge in [-0.25, -0.2) is 0 Å². The number of benzene rings is 4. The van der Waals surface area contributed by atoms with Gasteiger partial charge in [-0.05, 0) is 101 Å². The number of rotatable bonds is 8. The highest BCUT2D eigenvalue weighted by atomic mass is 16.4. The molecule has 3 amide bonds. The summed E-state index contributed by atoms with van der Waals surface area (Å²) in [5.74, 6) is 0.913. The van der Waals surface area contributed by atoms with Crippen LogP contribution in [0.3, 0.4) is 0 Å². The number of carbonyl (C=O) groups is 3. The molecule has 3 aliphatic rings. The summed E-state index contributed by atoms with van der Waals surface area (Å²) in [6.07, 6.45) is 6.96. The number of nitrogens with one attached hydrogen (secondary N) is 2. The Morgan fingerprint density at radius 3 is 2.06 bits per heavy atom. The number of likely N-dealkylation sites (tertiary alicyclic amines) is 2. The maximum Gasteiger partial charge on any atom is 0.520 e. The Bertz CT molecular complexity index is 2230. The smallest absolute Gasteiger partial charge is 0.520 e. The van der Waals surface area contributed by atoms with Crippen LogP contribution in [0.4, 0.5) is 0 Å². The molecule has 0 unspecified atom stereocenters. The molecule has 0 saturated carbocycles. The van der Waals surface area contributed by atoms with Crippen molar-refractivity contribution in [1.82, 2.24) is 20.0 Å². The first-order valence-electron chi connectivity index (χ1n) is 18.9. The van der Waals surface area contributed by atoms with Crippen LogP contribution in [0, 0.1) is 0 Å². The average molecular weight is 721 g/mol. The van der Waals surface area contributed by atoms with Gasteiger partial charge in [-0.15, -0.1) is 0 Å². The maximum atomic E-state index is 13.7. The Kier molecular flexibility index (Phi) is 10.1. The highest BCUT2D eigenvalue weighted by molar-refractivity contribution is 6.71. The fraction of sp³-hybridized carbons (Fsp3) is 0.279. The monoisotopic (exact) mass is 720 g/mol. The fourth-order valence-corrected chi connectivity index (χ4v) is 8.19. The summed E-state index contributed by atoms with van der Waals surface area (Å²) in [4.78, 5) is 47.3. The number of amides is 3. The summed E-state index contributed by atoms with van der Waals surface area (Å²) >= 11 is 0. The second-order valence-electron chi connectivity index (χ2n) is 14.6. The molecule has 8 rings (SSSR count). The predicted molar refractivity (Wildman–Crippen MR) is 212 cm³/mol. The molecule has 5 aromatic rings. The van der Waals surface area contributed by atoms with Gasteiger partial charge in [0.2, 0.25) is 11.8 Å². The van der Waals surface area contributed by atoms with Crippen LogP contribution in [0.15, 0.2) is 97.1 Å². The lowest BCUT2D eigenvalue weighted by molar-refractivity contribution is -0.126. The van der Waals surface area contributed by atoms with E-state index < -0.39 is 7.05 Å². The largest absolute Gasteiger partial charge is 0.537 e. The molecule has 2 saturated heterocycles. The Morgan fingerprint density at radius 2 is 1.41 bits per heavy atom. The van der Waals surface area contributed by atoms with Crippen LogP contribution in [0.5, 0.6) is 5.75 Å². The molecule has 4 heterocycles. The van der Waals surface area contributed by atoms with Crippen molar-refractivity contribution < 1.29 is 19.0 Å². The number of nitrogens with two attached hydrogens (primary N) is 2. The lowest BCUT2D eigenvalue weighted by Crippen LogP contribution is -2.55. The standard InChI is InChI=1S/C43H45BN6O4/c45-26-29-4-1-6-33(22-29)31-14-18-49(19-15-31)41(51)13-11-28-10-12-35-40(24-28)54-44(48-42(35)52)37-8-3-9-38-36(37)25-39(47-38)43(53)50-20-16-32(17-21-50)34-7-2-5-30(23-34)27-46/h1-13,22-25,31-32,47H,14-21,26-27,45-46H2,(H,48,52). The number of carbonyl (C=O) groups excluding carboxylic acids is 3. The molecule has 4 aromatic carbocycles. The van der Waals surface area contributed by atoms with Crippen molar-refractivity contribution in [2.75, 3.05) is 26.2 Å². The fourth-order valence-electron chi connectivity index (χ4n) is 8.19. The van der Waals surface area contributed by atoms with Crippen molar-refractivity contribution >= 4 is 47.2 Å². The van der Waals surface area contributed by atoms with Gasteiger partial charge < -0.3 is 36.1 Å². The third kappa shape index (κ3) is 7.29. The van der Waals surface area contributed by atoms with Gasteiger partial charge in [0, 0.05) is 56.2 Å². The van der Waals surface area contributed by atoms with Crippen LogP contribution < -0.4 is 26.8 Å².